The number of aromatic nitrogens is 2. The summed E-state index contributed by atoms with van der Waals surface area (Å²) in [6, 6.07) is 5.83. The molecule has 2 rings (SSSR count). The minimum absolute atomic E-state index is 0.232. The highest BCUT2D eigenvalue weighted by Crippen LogP contribution is 2.13. The standard InChI is InChI=1S/C15H17FN4O2/c1-22-8-2-7-17-14(21)11-9-18-15(19-10-11)20-13-5-3-12(16)4-6-13/h3-6,9-10H,2,7-8H2,1H3,(H,17,21)(H,18,19,20). The van der Waals surface area contributed by atoms with Gasteiger partial charge in [-0.05, 0) is 30.7 Å². The van der Waals surface area contributed by atoms with Crippen LogP contribution >= 0.6 is 0 Å². The summed E-state index contributed by atoms with van der Waals surface area (Å²) in [6.07, 6.45) is 3.61. The average molecular weight is 304 g/mol. The first kappa shape index (κ1) is 15.8. The lowest BCUT2D eigenvalue weighted by Gasteiger charge is -2.06. The molecule has 0 atom stereocenters. The van der Waals surface area contributed by atoms with Crippen LogP contribution in [-0.2, 0) is 4.74 Å². The van der Waals surface area contributed by atoms with Gasteiger partial charge in [0.15, 0.2) is 0 Å². The van der Waals surface area contributed by atoms with E-state index in [1.807, 2.05) is 0 Å². The molecular weight excluding hydrogens is 287 g/mol. The van der Waals surface area contributed by atoms with Crippen LogP contribution in [0.5, 0.6) is 0 Å². The Labute approximate surface area is 127 Å². The lowest BCUT2D eigenvalue weighted by Crippen LogP contribution is -2.25. The highest BCUT2D eigenvalue weighted by molar-refractivity contribution is 5.93. The largest absolute Gasteiger partial charge is 0.385 e. The van der Waals surface area contributed by atoms with Crippen LogP contribution < -0.4 is 10.6 Å². The van der Waals surface area contributed by atoms with E-state index in [-0.39, 0.29) is 11.7 Å². The predicted octanol–water partition coefficient (Wildman–Crippen LogP) is 2.13. The van der Waals surface area contributed by atoms with Crippen LogP contribution in [0.2, 0.25) is 0 Å². The molecule has 1 amide bonds. The molecule has 2 aromatic rings. The number of halogens is 1. The van der Waals surface area contributed by atoms with Gasteiger partial charge in [-0.15, -0.1) is 0 Å². The van der Waals surface area contributed by atoms with E-state index in [1.54, 1.807) is 19.2 Å². The summed E-state index contributed by atoms with van der Waals surface area (Å²) in [7, 11) is 1.61. The van der Waals surface area contributed by atoms with Gasteiger partial charge in [0.05, 0.1) is 5.56 Å². The quantitative estimate of drug-likeness (QED) is 0.766. The third kappa shape index (κ3) is 4.78. The topological polar surface area (TPSA) is 76.1 Å². The molecular formula is C15H17FN4O2. The second-order valence-electron chi connectivity index (χ2n) is 4.53. The maximum atomic E-state index is 12.8. The molecule has 0 fully saturated rings. The molecule has 7 heteroatoms. The molecule has 2 N–H and O–H groups in total. The number of ether oxygens (including phenoxy) is 1. The van der Waals surface area contributed by atoms with Gasteiger partial charge in [-0.2, -0.15) is 0 Å². The molecule has 0 saturated carbocycles. The number of nitrogens with one attached hydrogen (secondary N) is 2. The van der Waals surface area contributed by atoms with Gasteiger partial charge in [0, 0.05) is 38.3 Å². The van der Waals surface area contributed by atoms with Crippen LogP contribution in [0.1, 0.15) is 16.8 Å². The molecule has 0 unspecified atom stereocenters. The van der Waals surface area contributed by atoms with Gasteiger partial charge in [-0.3, -0.25) is 4.79 Å². The highest BCUT2D eigenvalue weighted by Gasteiger charge is 2.06. The summed E-state index contributed by atoms with van der Waals surface area (Å²) in [5.41, 5.74) is 1.04. The Bertz CT molecular complexity index is 602. The molecule has 0 bridgehead atoms. The van der Waals surface area contributed by atoms with Gasteiger partial charge in [0.25, 0.3) is 5.91 Å². The Morgan fingerprint density at radius 3 is 2.55 bits per heavy atom. The van der Waals surface area contributed by atoms with Crippen LogP contribution in [0.25, 0.3) is 0 Å². The fourth-order valence-electron chi connectivity index (χ4n) is 1.69. The smallest absolute Gasteiger partial charge is 0.254 e. The highest BCUT2D eigenvalue weighted by atomic mass is 19.1. The molecule has 0 aliphatic carbocycles. The van der Waals surface area contributed by atoms with E-state index >= 15 is 0 Å². The number of benzene rings is 1. The molecule has 1 aromatic heterocycles. The lowest BCUT2D eigenvalue weighted by atomic mass is 10.3. The third-order valence-corrected chi connectivity index (χ3v) is 2.83. The Hall–Kier alpha value is -2.54. The van der Waals surface area contributed by atoms with Crippen LogP contribution in [-0.4, -0.2) is 36.1 Å². The maximum absolute atomic E-state index is 12.8. The molecule has 0 spiro atoms. The number of methoxy groups -OCH3 is 1. The van der Waals surface area contributed by atoms with Crippen molar-refractivity contribution in [2.75, 3.05) is 25.6 Å². The molecule has 0 radical (unpaired) electrons. The van der Waals surface area contributed by atoms with Crippen molar-refractivity contribution < 1.29 is 13.9 Å². The van der Waals surface area contributed by atoms with Gasteiger partial charge in [-0.25, -0.2) is 14.4 Å². The van der Waals surface area contributed by atoms with Crippen LogP contribution in [0.3, 0.4) is 0 Å². The summed E-state index contributed by atoms with van der Waals surface area (Å²) < 4.78 is 17.7. The van der Waals surface area contributed by atoms with Crippen molar-refractivity contribution in [1.29, 1.82) is 0 Å². The number of hydrogen-bond donors (Lipinski definition) is 2. The van der Waals surface area contributed by atoms with Crippen molar-refractivity contribution in [2.24, 2.45) is 0 Å². The van der Waals surface area contributed by atoms with Crippen molar-refractivity contribution in [3.05, 3.63) is 48.0 Å². The van der Waals surface area contributed by atoms with Gasteiger partial charge in [0.1, 0.15) is 5.82 Å². The Balaban J connectivity index is 1.89. The Kier molecular flexibility index (Phi) is 5.79. The number of nitrogens with zero attached hydrogens (tertiary/aromatic N) is 2. The molecule has 1 heterocycles. The lowest BCUT2D eigenvalue weighted by molar-refractivity contribution is 0.0948. The molecule has 6 nitrogen and oxygen atoms in total. The fraction of sp³-hybridized carbons (Fsp3) is 0.267. The zero-order valence-corrected chi connectivity index (χ0v) is 12.2. The minimum atomic E-state index is -0.313. The predicted molar refractivity (Wildman–Crippen MR) is 80.5 cm³/mol. The van der Waals surface area contributed by atoms with E-state index in [0.29, 0.717) is 30.4 Å². The zero-order chi connectivity index (χ0) is 15.8. The first-order valence-electron chi connectivity index (χ1n) is 6.81. The van der Waals surface area contributed by atoms with Crippen LogP contribution in [0, 0.1) is 5.82 Å². The van der Waals surface area contributed by atoms with Gasteiger partial charge in [-0.1, -0.05) is 0 Å². The number of rotatable bonds is 7. The summed E-state index contributed by atoms with van der Waals surface area (Å²) >= 11 is 0. The molecule has 0 saturated heterocycles. The molecule has 0 aliphatic rings. The first-order valence-corrected chi connectivity index (χ1v) is 6.81. The van der Waals surface area contributed by atoms with Gasteiger partial charge in [0.2, 0.25) is 5.95 Å². The Morgan fingerprint density at radius 2 is 1.91 bits per heavy atom. The molecule has 22 heavy (non-hydrogen) atoms. The van der Waals surface area contributed by atoms with Crippen molar-refractivity contribution in [3.63, 3.8) is 0 Å². The summed E-state index contributed by atoms with van der Waals surface area (Å²) in [6.45, 7) is 1.12. The van der Waals surface area contributed by atoms with Crippen molar-refractivity contribution >= 4 is 17.5 Å². The van der Waals surface area contributed by atoms with E-state index in [9.17, 15) is 9.18 Å². The number of carbonyl (C=O) groups is 1. The molecule has 0 aliphatic heterocycles. The minimum Gasteiger partial charge on any atom is -0.385 e. The van der Waals surface area contributed by atoms with E-state index in [4.69, 9.17) is 4.74 Å². The molecule has 1 aromatic carbocycles. The normalized spacial score (nSPS) is 10.3. The van der Waals surface area contributed by atoms with Crippen molar-refractivity contribution in [1.82, 2.24) is 15.3 Å². The monoisotopic (exact) mass is 304 g/mol. The third-order valence-electron chi connectivity index (χ3n) is 2.83. The fourth-order valence-corrected chi connectivity index (χ4v) is 1.69. The first-order chi connectivity index (χ1) is 10.7. The summed E-state index contributed by atoms with van der Waals surface area (Å²) in [5, 5.41) is 5.67. The second kappa shape index (κ2) is 8.04. The Morgan fingerprint density at radius 1 is 1.23 bits per heavy atom. The van der Waals surface area contributed by atoms with Crippen molar-refractivity contribution in [3.8, 4) is 0 Å². The number of carbonyl (C=O) groups excluding carboxylic acids is 1. The number of anilines is 2. The summed E-state index contributed by atoms with van der Waals surface area (Å²) in [4.78, 5) is 19.9. The SMILES string of the molecule is COCCCNC(=O)c1cnc(Nc2ccc(F)cc2)nc1. The average Bonchev–Trinajstić information content (AvgIpc) is 2.54. The van der Waals surface area contributed by atoms with Crippen molar-refractivity contribution in [2.45, 2.75) is 6.42 Å². The van der Waals surface area contributed by atoms with Crippen LogP contribution in [0.15, 0.2) is 36.7 Å². The van der Waals surface area contributed by atoms with Crippen LogP contribution in [0.4, 0.5) is 16.0 Å². The van der Waals surface area contributed by atoms with E-state index in [1.165, 1.54) is 24.5 Å². The second-order valence-corrected chi connectivity index (χ2v) is 4.53. The molecule has 116 valence electrons. The van der Waals surface area contributed by atoms with E-state index in [0.717, 1.165) is 6.42 Å². The summed E-state index contributed by atoms with van der Waals surface area (Å²) in [5.74, 6) is -0.209. The zero-order valence-electron chi connectivity index (χ0n) is 12.2. The maximum Gasteiger partial charge on any atom is 0.254 e. The van der Waals surface area contributed by atoms with E-state index in [2.05, 4.69) is 20.6 Å². The number of hydrogen-bond acceptors (Lipinski definition) is 5. The van der Waals surface area contributed by atoms with Gasteiger partial charge >= 0.3 is 0 Å². The van der Waals surface area contributed by atoms with Gasteiger partial charge < -0.3 is 15.4 Å². The van der Waals surface area contributed by atoms with E-state index < -0.39 is 0 Å². The number of amides is 1.